The molecule has 0 atom stereocenters. The minimum Gasteiger partial charge on any atom is -0.480 e. The molecule has 18 heavy (non-hydrogen) atoms. The third-order valence-corrected chi connectivity index (χ3v) is 2.49. The van der Waals surface area contributed by atoms with Gasteiger partial charge in [0, 0.05) is 11.6 Å². The fourth-order valence-corrected chi connectivity index (χ4v) is 1.63. The molecule has 0 bridgehead atoms. The van der Waals surface area contributed by atoms with Crippen molar-refractivity contribution in [2.45, 2.75) is 6.54 Å². The van der Waals surface area contributed by atoms with Crippen LogP contribution in [-0.2, 0) is 16.1 Å². The van der Waals surface area contributed by atoms with Crippen LogP contribution in [-0.4, -0.2) is 40.1 Å². The molecule has 0 saturated heterocycles. The highest BCUT2D eigenvalue weighted by atomic mass is 35.5. The molecule has 0 aliphatic heterocycles. The summed E-state index contributed by atoms with van der Waals surface area (Å²) in [6, 6.07) is 3.66. The van der Waals surface area contributed by atoms with E-state index in [1.54, 1.807) is 0 Å². The fourth-order valence-electron chi connectivity index (χ4n) is 1.46. The van der Waals surface area contributed by atoms with Crippen LogP contribution in [0.4, 0.5) is 4.39 Å². The lowest BCUT2D eigenvalue weighted by Crippen LogP contribution is -2.34. The van der Waals surface area contributed by atoms with Gasteiger partial charge in [0.2, 0.25) is 0 Å². The molecule has 98 valence electrons. The largest absolute Gasteiger partial charge is 0.480 e. The van der Waals surface area contributed by atoms with E-state index in [0.29, 0.717) is 5.56 Å². The van der Waals surface area contributed by atoms with Crippen molar-refractivity contribution in [3.63, 3.8) is 0 Å². The number of hydrogen-bond acceptors (Lipinski definition) is 3. The molecular weight excluding hydrogens is 265 g/mol. The van der Waals surface area contributed by atoms with Crippen LogP contribution >= 0.6 is 11.6 Å². The van der Waals surface area contributed by atoms with Gasteiger partial charge in [-0.05, 0) is 23.8 Å². The Hall–Kier alpha value is -1.66. The van der Waals surface area contributed by atoms with E-state index in [9.17, 15) is 14.0 Å². The molecule has 7 heteroatoms. The zero-order valence-electron chi connectivity index (χ0n) is 9.27. The molecule has 0 aliphatic rings. The first-order chi connectivity index (χ1) is 8.38. The summed E-state index contributed by atoms with van der Waals surface area (Å²) >= 11 is 5.83. The molecular formula is C11H11ClFNO4. The average molecular weight is 276 g/mol. The maximum atomic E-state index is 13.0. The number of carboxylic acids is 2. The van der Waals surface area contributed by atoms with Crippen molar-refractivity contribution in [3.05, 3.63) is 34.6 Å². The number of aliphatic carboxylic acids is 2. The Balaban J connectivity index is 2.84. The summed E-state index contributed by atoms with van der Waals surface area (Å²) in [6.45, 7) is -0.965. The van der Waals surface area contributed by atoms with Gasteiger partial charge in [-0.15, -0.1) is 0 Å². The lowest BCUT2D eigenvalue weighted by atomic mass is 10.2. The Morgan fingerprint density at radius 1 is 1.22 bits per heavy atom. The smallest absolute Gasteiger partial charge is 0.317 e. The fraction of sp³-hybridized carbons (Fsp3) is 0.273. The van der Waals surface area contributed by atoms with E-state index in [2.05, 4.69) is 0 Å². The summed E-state index contributed by atoms with van der Waals surface area (Å²) in [5.74, 6) is -2.84. The highest BCUT2D eigenvalue weighted by Gasteiger charge is 2.15. The third-order valence-electron chi connectivity index (χ3n) is 2.12. The van der Waals surface area contributed by atoms with Crippen molar-refractivity contribution in [1.29, 1.82) is 0 Å². The summed E-state index contributed by atoms with van der Waals surface area (Å²) in [5.41, 5.74) is 0.346. The van der Waals surface area contributed by atoms with Gasteiger partial charge >= 0.3 is 11.9 Å². The Morgan fingerprint density at radius 2 is 1.78 bits per heavy atom. The standard InChI is InChI=1S/C11H11ClFNO4/c12-9-2-1-8(13)3-7(9)4-14(5-10(15)16)6-11(17)18/h1-3H,4-6H2,(H,15,16)(H,17,18). The molecule has 2 N–H and O–H groups in total. The number of halogens is 2. The van der Waals surface area contributed by atoms with E-state index in [4.69, 9.17) is 21.8 Å². The monoisotopic (exact) mass is 275 g/mol. The summed E-state index contributed by atoms with van der Waals surface area (Å²) in [7, 11) is 0. The normalized spacial score (nSPS) is 10.6. The first-order valence-electron chi connectivity index (χ1n) is 4.98. The van der Waals surface area contributed by atoms with E-state index in [0.717, 1.165) is 11.0 Å². The van der Waals surface area contributed by atoms with E-state index < -0.39 is 30.8 Å². The van der Waals surface area contributed by atoms with Gasteiger partial charge in [-0.3, -0.25) is 14.5 Å². The first-order valence-corrected chi connectivity index (χ1v) is 5.36. The topological polar surface area (TPSA) is 77.8 Å². The van der Waals surface area contributed by atoms with E-state index in [1.807, 2.05) is 0 Å². The zero-order chi connectivity index (χ0) is 13.7. The van der Waals surface area contributed by atoms with Gasteiger partial charge in [0.1, 0.15) is 5.82 Å². The molecule has 0 fully saturated rings. The minimum absolute atomic E-state index is 0.0464. The predicted octanol–water partition coefficient (Wildman–Crippen LogP) is 1.45. The van der Waals surface area contributed by atoms with Crippen LogP contribution < -0.4 is 0 Å². The Bertz CT molecular complexity index is 450. The molecule has 1 aromatic rings. The van der Waals surface area contributed by atoms with Crippen molar-refractivity contribution in [1.82, 2.24) is 4.90 Å². The second kappa shape index (κ2) is 6.32. The van der Waals surface area contributed by atoms with Crippen molar-refractivity contribution < 1.29 is 24.2 Å². The predicted molar refractivity (Wildman–Crippen MR) is 62.0 cm³/mol. The van der Waals surface area contributed by atoms with Gasteiger partial charge in [-0.1, -0.05) is 11.6 Å². The molecule has 0 unspecified atom stereocenters. The van der Waals surface area contributed by atoms with Crippen LogP contribution in [0.5, 0.6) is 0 Å². The van der Waals surface area contributed by atoms with Crippen LogP contribution in [0.2, 0.25) is 5.02 Å². The van der Waals surface area contributed by atoms with Gasteiger partial charge in [0.25, 0.3) is 0 Å². The van der Waals surface area contributed by atoms with Gasteiger partial charge in [0.15, 0.2) is 0 Å². The quantitative estimate of drug-likeness (QED) is 0.822. The Kier molecular flexibility index (Phi) is 5.06. The third kappa shape index (κ3) is 4.68. The zero-order valence-corrected chi connectivity index (χ0v) is 10.0. The van der Waals surface area contributed by atoms with Gasteiger partial charge in [0.05, 0.1) is 13.1 Å². The van der Waals surface area contributed by atoms with Gasteiger partial charge < -0.3 is 10.2 Å². The maximum absolute atomic E-state index is 13.0. The molecule has 0 heterocycles. The molecule has 0 spiro atoms. The SMILES string of the molecule is O=C(O)CN(CC(=O)O)Cc1cc(F)ccc1Cl. The minimum atomic E-state index is -1.16. The van der Waals surface area contributed by atoms with Crippen LogP contribution in [0, 0.1) is 5.82 Å². The molecule has 1 aromatic carbocycles. The number of carboxylic acid groups (broad SMARTS) is 2. The summed E-state index contributed by atoms with van der Waals surface area (Å²) in [4.78, 5) is 22.3. The summed E-state index contributed by atoms with van der Waals surface area (Å²) < 4.78 is 13.0. The Morgan fingerprint density at radius 3 is 2.28 bits per heavy atom. The van der Waals surface area contributed by atoms with Crippen LogP contribution in [0.15, 0.2) is 18.2 Å². The van der Waals surface area contributed by atoms with E-state index >= 15 is 0 Å². The first kappa shape index (κ1) is 14.4. The van der Waals surface area contributed by atoms with E-state index in [1.165, 1.54) is 12.1 Å². The van der Waals surface area contributed by atoms with Gasteiger partial charge in [-0.2, -0.15) is 0 Å². The van der Waals surface area contributed by atoms with Crippen LogP contribution in [0.3, 0.4) is 0 Å². The molecule has 0 amide bonds. The highest BCUT2D eigenvalue weighted by molar-refractivity contribution is 6.31. The molecule has 0 aliphatic carbocycles. The second-order valence-electron chi connectivity index (χ2n) is 3.67. The number of benzene rings is 1. The maximum Gasteiger partial charge on any atom is 0.317 e. The lowest BCUT2D eigenvalue weighted by Gasteiger charge is -2.18. The highest BCUT2D eigenvalue weighted by Crippen LogP contribution is 2.18. The average Bonchev–Trinajstić information content (AvgIpc) is 2.21. The van der Waals surface area contributed by atoms with Crippen molar-refractivity contribution >= 4 is 23.5 Å². The number of carbonyl (C=O) groups is 2. The van der Waals surface area contributed by atoms with Crippen LogP contribution in [0.1, 0.15) is 5.56 Å². The number of nitrogens with zero attached hydrogens (tertiary/aromatic N) is 1. The van der Waals surface area contributed by atoms with E-state index in [-0.39, 0.29) is 11.6 Å². The molecule has 0 aromatic heterocycles. The molecule has 5 nitrogen and oxygen atoms in total. The lowest BCUT2D eigenvalue weighted by molar-refractivity contribution is -0.142. The van der Waals surface area contributed by atoms with Crippen LogP contribution in [0.25, 0.3) is 0 Å². The summed E-state index contributed by atoms with van der Waals surface area (Å²) in [6.07, 6.45) is 0. The number of rotatable bonds is 6. The Labute approximate surface area is 107 Å². The molecule has 0 saturated carbocycles. The summed E-state index contributed by atoms with van der Waals surface area (Å²) in [5, 5.41) is 17.6. The van der Waals surface area contributed by atoms with Crippen molar-refractivity contribution in [3.8, 4) is 0 Å². The number of hydrogen-bond donors (Lipinski definition) is 2. The van der Waals surface area contributed by atoms with Gasteiger partial charge in [-0.25, -0.2) is 4.39 Å². The molecule has 0 radical (unpaired) electrons. The second-order valence-corrected chi connectivity index (χ2v) is 4.08. The van der Waals surface area contributed by atoms with Crippen molar-refractivity contribution in [2.24, 2.45) is 0 Å². The molecule has 1 rings (SSSR count). The van der Waals surface area contributed by atoms with Crippen molar-refractivity contribution in [2.75, 3.05) is 13.1 Å².